The minimum atomic E-state index is -0.101. The number of ether oxygens (including phenoxy) is 1. The summed E-state index contributed by atoms with van der Waals surface area (Å²) in [7, 11) is 1.72. The highest BCUT2D eigenvalue weighted by Gasteiger charge is 2.21. The van der Waals surface area contributed by atoms with Crippen molar-refractivity contribution in [2.45, 2.75) is 51.2 Å². The predicted molar refractivity (Wildman–Crippen MR) is 139 cm³/mol. The Balaban J connectivity index is 0.00000341. The van der Waals surface area contributed by atoms with Gasteiger partial charge in [0.05, 0.1) is 13.2 Å². The highest BCUT2D eigenvalue weighted by molar-refractivity contribution is 14.0. The highest BCUT2D eigenvalue weighted by atomic mass is 127. The number of halogens is 1. The molecule has 2 aliphatic rings. The lowest BCUT2D eigenvalue weighted by Gasteiger charge is -2.35. The fourth-order valence-electron chi connectivity index (χ4n) is 4.28. The molecular weight excluding hydrogens is 505 g/mol. The normalized spacial score (nSPS) is 20.8. The van der Waals surface area contributed by atoms with Crippen molar-refractivity contribution in [3.05, 3.63) is 24.3 Å². The Morgan fingerprint density at radius 1 is 1.23 bits per heavy atom. The third kappa shape index (κ3) is 8.65. The molecular formula is C23H40IN5O2. The molecule has 8 heteroatoms. The third-order valence-electron chi connectivity index (χ3n) is 5.98. The Morgan fingerprint density at radius 2 is 2.03 bits per heavy atom. The molecule has 0 spiro atoms. The number of nitrogens with one attached hydrogen (secondary N) is 2. The summed E-state index contributed by atoms with van der Waals surface area (Å²) in [6.45, 7) is 8.90. The molecule has 1 aromatic rings. The fraction of sp³-hybridized carbons (Fsp3) is 0.696. The first-order chi connectivity index (χ1) is 14.7. The minimum Gasteiger partial charge on any atom is -0.497 e. The van der Waals surface area contributed by atoms with Crippen molar-refractivity contribution in [3.63, 3.8) is 0 Å². The van der Waals surface area contributed by atoms with Gasteiger partial charge in [0.2, 0.25) is 0 Å². The van der Waals surface area contributed by atoms with E-state index in [0.29, 0.717) is 6.04 Å². The summed E-state index contributed by atoms with van der Waals surface area (Å²) in [4.78, 5) is 9.68. The smallest absolute Gasteiger partial charge is 0.191 e. The molecule has 2 saturated heterocycles. The van der Waals surface area contributed by atoms with Gasteiger partial charge in [0.1, 0.15) is 5.75 Å². The van der Waals surface area contributed by atoms with Gasteiger partial charge in [-0.25, -0.2) is 0 Å². The lowest BCUT2D eigenvalue weighted by molar-refractivity contribution is 0.0824. The molecule has 0 radical (unpaired) electrons. The number of aliphatic hydroxyl groups excluding tert-OH is 1. The molecule has 0 saturated carbocycles. The van der Waals surface area contributed by atoms with Gasteiger partial charge in [-0.05, 0) is 57.7 Å². The van der Waals surface area contributed by atoms with Crippen LogP contribution >= 0.6 is 24.0 Å². The second kappa shape index (κ2) is 14.0. The summed E-state index contributed by atoms with van der Waals surface area (Å²) >= 11 is 0. The van der Waals surface area contributed by atoms with Crippen molar-refractivity contribution in [2.75, 3.05) is 57.8 Å². The van der Waals surface area contributed by atoms with E-state index < -0.39 is 0 Å². The van der Waals surface area contributed by atoms with Crippen LogP contribution in [0.5, 0.6) is 5.75 Å². The SMILES string of the molecule is CCNC(=NCCCN1CCC(O)CC1)NC1CCCN(c2cccc(OC)c2)C1.I. The van der Waals surface area contributed by atoms with E-state index in [9.17, 15) is 5.11 Å². The van der Waals surface area contributed by atoms with Crippen LogP contribution in [0, 0.1) is 0 Å². The first kappa shape index (κ1) is 26.0. The Labute approximate surface area is 204 Å². The van der Waals surface area contributed by atoms with E-state index in [1.165, 1.54) is 5.69 Å². The van der Waals surface area contributed by atoms with E-state index in [1.54, 1.807) is 7.11 Å². The molecule has 31 heavy (non-hydrogen) atoms. The van der Waals surface area contributed by atoms with Gasteiger partial charge in [0, 0.05) is 57.1 Å². The number of piperidine rings is 2. The van der Waals surface area contributed by atoms with Crippen molar-refractivity contribution >= 4 is 35.6 Å². The van der Waals surface area contributed by atoms with Crippen LogP contribution < -0.4 is 20.3 Å². The lowest BCUT2D eigenvalue weighted by Crippen LogP contribution is -2.51. The zero-order valence-corrected chi connectivity index (χ0v) is 21.4. The van der Waals surface area contributed by atoms with Crippen molar-refractivity contribution < 1.29 is 9.84 Å². The van der Waals surface area contributed by atoms with Gasteiger partial charge in [0.25, 0.3) is 0 Å². The van der Waals surface area contributed by atoms with Crippen LogP contribution in [-0.4, -0.2) is 81.0 Å². The number of benzene rings is 1. The number of hydrogen-bond donors (Lipinski definition) is 3. The Kier molecular flexibility index (Phi) is 11.7. The zero-order valence-electron chi connectivity index (χ0n) is 19.1. The summed E-state index contributed by atoms with van der Waals surface area (Å²) in [5.74, 6) is 1.82. The minimum absolute atomic E-state index is 0. The maximum Gasteiger partial charge on any atom is 0.191 e. The predicted octanol–water partition coefficient (Wildman–Crippen LogP) is 2.68. The van der Waals surface area contributed by atoms with Crippen LogP contribution in [0.1, 0.15) is 39.0 Å². The van der Waals surface area contributed by atoms with E-state index in [2.05, 4.69) is 45.6 Å². The summed E-state index contributed by atoms with van der Waals surface area (Å²) in [6.07, 6.45) is 5.07. The topological polar surface area (TPSA) is 72.4 Å². The molecule has 2 aliphatic heterocycles. The largest absolute Gasteiger partial charge is 0.497 e. The summed E-state index contributed by atoms with van der Waals surface area (Å²) in [5, 5.41) is 16.7. The first-order valence-electron chi connectivity index (χ1n) is 11.5. The summed E-state index contributed by atoms with van der Waals surface area (Å²) in [6, 6.07) is 8.70. The summed E-state index contributed by atoms with van der Waals surface area (Å²) in [5.41, 5.74) is 1.22. The van der Waals surface area contributed by atoms with E-state index in [0.717, 1.165) is 89.6 Å². The number of aliphatic imine (C=N–C) groups is 1. The van der Waals surface area contributed by atoms with E-state index in [-0.39, 0.29) is 30.1 Å². The molecule has 176 valence electrons. The Morgan fingerprint density at radius 3 is 2.77 bits per heavy atom. The second-order valence-corrected chi connectivity index (χ2v) is 8.32. The molecule has 3 N–H and O–H groups in total. The van der Waals surface area contributed by atoms with Gasteiger partial charge in [-0.1, -0.05) is 6.07 Å². The van der Waals surface area contributed by atoms with Gasteiger partial charge < -0.3 is 30.3 Å². The van der Waals surface area contributed by atoms with Gasteiger partial charge in [0.15, 0.2) is 5.96 Å². The molecule has 1 aromatic carbocycles. The number of guanidine groups is 1. The standard InChI is InChI=1S/C23H39N5O2.HI/c1-3-24-23(25-12-6-13-27-15-10-21(29)11-16-27)26-19-7-5-14-28(18-19)20-8-4-9-22(17-20)30-2;/h4,8-9,17,19,21,29H,3,5-7,10-16,18H2,1-2H3,(H2,24,25,26);1H. The average molecular weight is 546 g/mol. The van der Waals surface area contributed by atoms with Gasteiger partial charge in [-0.15, -0.1) is 24.0 Å². The quantitative estimate of drug-likeness (QED) is 0.202. The van der Waals surface area contributed by atoms with Crippen LogP contribution in [-0.2, 0) is 0 Å². The second-order valence-electron chi connectivity index (χ2n) is 8.32. The van der Waals surface area contributed by atoms with E-state index >= 15 is 0 Å². The van der Waals surface area contributed by atoms with Gasteiger partial charge in [-0.2, -0.15) is 0 Å². The summed E-state index contributed by atoms with van der Waals surface area (Å²) < 4.78 is 5.39. The van der Waals surface area contributed by atoms with Crippen LogP contribution in [0.3, 0.4) is 0 Å². The Bertz CT molecular complexity index is 667. The number of anilines is 1. The maximum atomic E-state index is 9.63. The molecule has 7 nitrogen and oxygen atoms in total. The van der Waals surface area contributed by atoms with E-state index in [4.69, 9.17) is 9.73 Å². The van der Waals surface area contributed by atoms with E-state index in [1.807, 2.05) is 6.07 Å². The van der Waals surface area contributed by atoms with Crippen molar-refractivity contribution in [2.24, 2.45) is 4.99 Å². The van der Waals surface area contributed by atoms with Crippen LogP contribution in [0.15, 0.2) is 29.3 Å². The third-order valence-corrected chi connectivity index (χ3v) is 5.98. The molecule has 0 bridgehead atoms. The molecule has 0 aliphatic carbocycles. The van der Waals surface area contributed by atoms with Crippen molar-refractivity contribution in [3.8, 4) is 5.75 Å². The molecule has 3 rings (SSSR count). The number of hydrogen-bond acceptors (Lipinski definition) is 5. The monoisotopic (exact) mass is 545 g/mol. The zero-order chi connectivity index (χ0) is 21.2. The molecule has 1 atom stereocenters. The van der Waals surface area contributed by atoms with Crippen molar-refractivity contribution in [1.29, 1.82) is 0 Å². The number of rotatable bonds is 8. The lowest BCUT2D eigenvalue weighted by atomic mass is 10.0. The van der Waals surface area contributed by atoms with Crippen molar-refractivity contribution in [1.82, 2.24) is 15.5 Å². The Hall–Kier alpha value is -1.26. The molecule has 2 fully saturated rings. The maximum absolute atomic E-state index is 9.63. The fourth-order valence-corrected chi connectivity index (χ4v) is 4.28. The van der Waals surface area contributed by atoms with Gasteiger partial charge in [-0.3, -0.25) is 4.99 Å². The molecule has 1 unspecified atom stereocenters. The number of likely N-dealkylation sites (tertiary alicyclic amines) is 1. The molecule has 0 amide bonds. The van der Waals surface area contributed by atoms with Crippen LogP contribution in [0.4, 0.5) is 5.69 Å². The number of nitrogens with zero attached hydrogens (tertiary/aromatic N) is 3. The number of aliphatic hydroxyl groups is 1. The average Bonchev–Trinajstić information content (AvgIpc) is 2.78. The highest BCUT2D eigenvalue weighted by Crippen LogP contribution is 2.24. The van der Waals surface area contributed by atoms with Crippen LogP contribution in [0.25, 0.3) is 0 Å². The first-order valence-corrected chi connectivity index (χ1v) is 11.5. The van der Waals surface area contributed by atoms with Crippen LogP contribution in [0.2, 0.25) is 0 Å². The van der Waals surface area contributed by atoms with Gasteiger partial charge >= 0.3 is 0 Å². The molecule has 2 heterocycles. The molecule has 0 aromatic heterocycles. The number of methoxy groups -OCH3 is 1.